The number of carbonyl (C=O) groups is 1. The highest BCUT2D eigenvalue weighted by Gasteiger charge is 2.39. The number of ether oxygens (including phenoxy) is 3. The van der Waals surface area contributed by atoms with Crippen LogP contribution in [-0.4, -0.2) is 24.3 Å². The summed E-state index contributed by atoms with van der Waals surface area (Å²) >= 11 is 0. The first-order chi connectivity index (χ1) is 10.2. The Morgan fingerprint density at radius 1 is 1.05 bits per heavy atom. The van der Waals surface area contributed by atoms with Gasteiger partial charge in [0.1, 0.15) is 5.75 Å². The van der Waals surface area contributed by atoms with Crippen LogP contribution in [-0.2, 0) is 4.79 Å². The molecule has 0 radical (unpaired) electrons. The van der Waals surface area contributed by atoms with E-state index in [1.165, 1.54) is 7.11 Å². The van der Waals surface area contributed by atoms with Crippen molar-refractivity contribution >= 4 is 5.97 Å². The lowest BCUT2D eigenvalue weighted by atomic mass is 10.0. The second kappa shape index (κ2) is 5.36. The van der Waals surface area contributed by atoms with Crippen LogP contribution in [0.3, 0.4) is 0 Å². The van der Waals surface area contributed by atoms with E-state index in [0.29, 0.717) is 22.8 Å². The van der Waals surface area contributed by atoms with Crippen molar-refractivity contribution in [3.8, 4) is 17.2 Å². The maximum absolute atomic E-state index is 11.5. The zero-order valence-electron chi connectivity index (χ0n) is 11.4. The van der Waals surface area contributed by atoms with Crippen LogP contribution in [0, 0.1) is 0 Å². The van der Waals surface area contributed by atoms with Crippen molar-refractivity contribution in [2.45, 2.75) is 12.2 Å². The first-order valence-electron chi connectivity index (χ1n) is 6.49. The maximum Gasteiger partial charge on any atom is 0.349 e. The number of rotatable bonds is 3. The number of hydrogen-bond donors (Lipinski definition) is 1. The third-order valence-electron chi connectivity index (χ3n) is 3.32. The quantitative estimate of drug-likeness (QED) is 0.939. The first kappa shape index (κ1) is 13.3. The molecule has 3 rings (SSSR count). The van der Waals surface area contributed by atoms with E-state index in [9.17, 15) is 9.90 Å². The van der Waals surface area contributed by atoms with Gasteiger partial charge in [0.2, 0.25) is 6.10 Å². The molecule has 5 heteroatoms. The van der Waals surface area contributed by atoms with E-state index in [2.05, 4.69) is 0 Å². The fraction of sp³-hybridized carbons (Fsp3) is 0.188. The van der Waals surface area contributed by atoms with E-state index in [1.807, 2.05) is 12.1 Å². The molecule has 21 heavy (non-hydrogen) atoms. The summed E-state index contributed by atoms with van der Waals surface area (Å²) in [6, 6.07) is 14.2. The van der Waals surface area contributed by atoms with E-state index in [1.54, 1.807) is 36.4 Å². The van der Waals surface area contributed by atoms with Gasteiger partial charge in [0, 0.05) is 5.56 Å². The van der Waals surface area contributed by atoms with Crippen molar-refractivity contribution in [3.05, 3.63) is 54.1 Å². The van der Waals surface area contributed by atoms with Crippen molar-refractivity contribution in [2.24, 2.45) is 0 Å². The van der Waals surface area contributed by atoms with Gasteiger partial charge in [-0.05, 0) is 18.2 Å². The van der Waals surface area contributed by atoms with Gasteiger partial charge < -0.3 is 19.3 Å². The Morgan fingerprint density at radius 2 is 1.67 bits per heavy atom. The van der Waals surface area contributed by atoms with Crippen LogP contribution < -0.4 is 14.2 Å². The summed E-state index contributed by atoms with van der Waals surface area (Å²) in [6.07, 6.45) is -1.90. The first-order valence-corrected chi connectivity index (χ1v) is 6.49. The van der Waals surface area contributed by atoms with Gasteiger partial charge >= 0.3 is 5.97 Å². The fourth-order valence-electron chi connectivity index (χ4n) is 2.35. The molecule has 1 heterocycles. The lowest BCUT2D eigenvalue weighted by Crippen LogP contribution is -2.39. The summed E-state index contributed by atoms with van der Waals surface area (Å²) in [5, 5.41) is 9.41. The minimum absolute atomic E-state index is 0.427. The minimum atomic E-state index is -1.13. The Kier molecular flexibility index (Phi) is 3.39. The minimum Gasteiger partial charge on any atom is -0.496 e. The highest BCUT2D eigenvalue weighted by atomic mass is 16.6. The topological polar surface area (TPSA) is 65.0 Å². The van der Waals surface area contributed by atoms with Crippen LogP contribution in [0.1, 0.15) is 11.7 Å². The van der Waals surface area contributed by atoms with Gasteiger partial charge in [-0.1, -0.05) is 30.3 Å². The molecule has 0 spiro atoms. The maximum atomic E-state index is 11.5. The summed E-state index contributed by atoms with van der Waals surface area (Å²) in [5.74, 6) is 0.430. The van der Waals surface area contributed by atoms with Crippen LogP contribution in [0.2, 0.25) is 0 Å². The van der Waals surface area contributed by atoms with Crippen LogP contribution in [0.15, 0.2) is 48.5 Å². The van der Waals surface area contributed by atoms with Gasteiger partial charge in [0.05, 0.1) is 7.11 Å². The Balaban J connectivity index is 2.05. The number of hydrogen-bond acceptors (Lipinski definition) is 4. The summed E-state index contributed by atoms with van der Waals surface area (Å²) in [6.45, 7) is 0. The molecule has 0 aliphatic carbocycles. The largest absolute Gasteiger partial charge is 0.496 e. The predicted octanol–water partition coefficient (Wildman–Crippen LogP) is 2.66. The highest BCUT2D eigenvalue weighted by molar-refractivity contribution is 5.75. The fourth-order valence-corrected chi connectivity index (χ4v) is 2.35. The molecule has 1 N–H and O–H groups in total. The molecule has 0 fully saturated rings. The van der Waals surface area contributed by atoms with Gasteiger partial charge in [-0.15, -0.1) is 0 Å². The standard InChI is InChI=1S/C16H14O5/c1-19-11-7-3-2-6-10(11)14-15(16(17)18)21-13-9-5-4-8-12(13)20-14/h2-9,14-15H,1H3,(H,17,18). The van der Waals surface area contributed by atoms with Crippen molar-refractivity contribution in [3.63, 3.8) is 0 Å². The molecule has 2 aromatic rings. The second-order valence-electron chi connectivity index (χ2n) is 4.60. The van der Waals surface area contributed by atoms with E-state index in [0.717, 1.165) is 0 Å². The average molecular weight is 286 g/mol. The monoisotopic (exact) mass is 286 g/mol. The van der Waals surface area contributed by atoms with Gasteiger partial charge in [0.15, 0.2) is 17.6 Å². The lowest BCUT2D eigenvalue weighted by Gasteiger charge is -2.32. The smallest absolute Gasteiger partial charge is 0.349 e. The highest BCUT2D eigenvalue weighted by Crippen LogP contribution is 2.41. The van der Waals surface area contributed by atoms with Gasteiger partial charge in [-0.2, -0.15) is 0 Å². The molecule has 5 nitrogen and oxygen atoms in total. The van der Waals surface area contributed by atoms with Crippen molar-refractivity contribution in [1.29, 1.82) is 0 Å². The predicted molar refractivity (Wildman–Crippen MR) is 74.9 cm³/mol. The number of aliphatic carboxylic acids is 1. The Bertz CT molecular complexity index is 667. The Morgan fingerprint density at radius 3 is 2.33 bits per heavy atom. The third-order valence-corrected chi connectivity index (χ3v) is 3.32. The Hall–Kier alpha value is -2.69. The zero-order valence-corrected chi connectivity index (χ0v) is 11.4. The van der Waals surface area contributed by atoms with Crippen molar-refractivity contribution in [2.75, 3.05) is 7.11 Å². The molecular weight excluding hydrogens is 272 g/mol. The van der Waals surface area contributed by atoms with Gasteiger partial charge in [-0.25, -0.2) is 4.79 Å². The normalized spacial score (nSPS) is 19.9. The summed E-state index contributed by atoms with van der Waals surface area (Å²) in [7, 11) is 1.53. The van der Waals surface area contributed by atoms with Crippen LogP contribution in [0.25, 0.3) is 0 Å². The van der Waals surface area contributed by atoms with Crippen LogP contribution >= 0.6 is 0 Å². The molecule has 0 aromatic heterocycles. The van der Waals surface area contributed by atoms with Gasteiger partial charge in [0.25, 0.3) is 0 Å². The molecule has 1 aliphatic heterocycles. The lowest BCUT2D eigenvalue weighted by molar-refractivity contribution is -0.151. The number of carboxylic acid groups (broad SMARTS) is 1. The van der Waals surface area contributed by atoms with Crippen LogP contribution in [0.4, 0.5) is 0 Å². The molecule has 0 amide bonds. The molecule has 2 atom stereocenters. The molecule has 0 saturated heterocycles. The number of fused-ring (bicyclic) bond motifs is 1. The average Bonchev–Trinajstić information content (AvgIpc) is 2.53. The van der Waals surface area contributed by atoms with E-state index in [4.69, 9.17) is 14.2 Å². The Labute approximate surface area is 121 Å². The van der Waals surface area contributed by atoms with Crippen LogP contribution in [0.5, 0.6) is 17.2 Å². The molecular formula is C16H14O5. The van der Waals surface area contributed by atoms with Gasteiger partial charge in [-0.3, -0.25) is 0 Å². The SMILES string of the molecule is COc1ccccc1C1Oc2ccccc2OC1C(=O)O. The number of para-hydroxylation sites is 3. The van der Waals surface area contributed by atoms with E-state index < -0.39 is 18.2 Å². The molecule has 2 aromatic carbocycles. The summed E-state index contributed by atoms with van der Waals surface area (Å²) in [4.78, 5) is 11.5. The van der Waals surface area contributed by atoms with E-state index in [-0.39, 0.29) is 0 Å². The van der Waals surface area contributed by atoms with Crippen molar-refractivity contribution in [1.82, 2.24) is 0 Å². The van der Waals surface area contributed by atoms with E-state index >= 15 is 0 Å². The second-order valence-corrected chi connectivity index (χ2v) is 4.60. The third kappa shape index (κ3) is 2.38. The summed E-state index contributed by atoms with van der Waals surface area (Å²) in [5.41, 5.74) is 0.641. The number of carboxylic acids is 1. The van der Waals surface area contributed by atoms with Crippen molar-refractivity contribution < 1.29 is 24.1 Å². The molecule has 0 saturated carbocycles. The number of benzene rings is 2. The molecule has 0 bridgehead atoms. The zero-order chi connectivity index (χ0) is 14.8. The number of methoxy groups -OCH3 is 1. The molecule has 108 valence electrons. The summed E-state index contributed by atoms with van der Waals surface area (Å²) < 4.78 is 16.7. The molecule has 2 unspecified atom stereocenters. The molecule has 1 aliphatic rings.